The van der Waals surface area contributed by atoms with E-state index in [-0.39, 0.29) is 5.91 Å². The molecule has 0 radical (unpaired) electrons. The highest BCUT2D eigenvalue weighted by atomic mass is 79.9. The van der Waals surface area contributed by atoms with E-state index >= 15 is 0 Å². The average molecular weight is 348 g/mol. The van der Waals surface area contributed by atoms with Crippen LogP contribution in [0.15, 0.2) is 46.3 Å². The number of para-hydroxylation sites is 2. The van der Waals surface area contributed by atoms with E-state index in [0.29, 0.717) is 5.95 Å². The molecule has 1 amide bonds. The van der Waals surface area contributed by atoms with Crippen LogP contribution in [-0.4, -0.2) is 15.9 Å². The molecule has 0 spiro atoms. The van der Waals surface area contributed by atoms with Crippen molar-refractivity contribution < 1.29 is 4.79 Å². The number of H-pyrrole nitrogens is 1. The molecule has 6 heteroatoms. The average Bonchev–Trinajstić information content (AvgIpc) is 3.01. The van der Waals surface area contributed by atoms with Gasteiger partial charge < -0.3 is 4.98 Å². The van der Waals surface area contributed by atoms with Crippen LogP contribution < -0.4 is 5.32 Å². The van der Waals surface area contributed by atoms with E-state index < -0.39 is 0 Å². The third kappa shape index (κ3) is 2.97. The van der Waals surface area contributed by atoms with E-state index in [1.54, 1.807) is 17.4 Å². The van der Waals surface area contributed by atoms with Gasteiger partial charge in [0.05, 0.1) is 14.8 Å². The number of carbonyl (C=O) groups is 1. The molecule has 0 aliphatic heterocycles. The molecule has 20 heavy (non-hydrogen) atoms. The van der Waals surface area contributed by atoms with E-state index in [2.05, 4.69) is 31.2 Å². The summed E-state index contributed by atoms with van der Waals surface area (Å²) in [6.45, 7) is 0. The normalized spacial score (nSPS) is 11.2. The number of aromatic amines is 1. The molecule has 0 unspecified atom stereocenters. The molecule has 0 fully saturated rings. The smallest absolute Gasteiger partial charge is 0.250 e. The zero-order chi connectivity index (χ0) is 13.9. The first-order valence-electron chi connectivity index (χ1n) is 5.90. The lowest BCUT2D eigenvalue weighted by atomic mass is 10.3. The number of amides is 1. The first-order valence-corrected chi connectivity index (χ1v) is 7.51. The number of thiophene rings is 1. The maximum absolute atomic E-state index is 11.8. The second-order valence-corrected chi connectivity index (χ2v) is 6.56. The summed E-state index contributed by atoms with van der Waals surface area (Å²) in [5.41, 5.74) is 1.72. The number of nitrogens with one attached hydrogen (secondary N) is 2. The Bertz CT molecular complexity index is 757. The molecule has 1 aromatic carbocycles. The van der Waals surface area contributed by atoms with Crippen LogP contribution in [0.1, 0.15) is 4.88 Å². The third-order valence-electron chi connectivity index (χ3n) is 2.62. The summed E-state index contributed by atoms with van der Waals surface area (Å²) >= 11 is 4.95. The molecule has 0 saturated carbocycles. The Morgan fingerprint density at radius 1 is 1.30 bits per heavy atom. The first-order chi connectivity index (χ1) is 9.70. The monoisotopic (exact) mass is 347 g/mol. The Morgan fingerprint density at radius 3 is 2.90 bits per heavy atom. The molecule has 0 saturated heterocycles. The molecule has 3 rings (SSSR count). The van der Waals surface area contributed by atoms with Crippen molar-refractivity contribution in [3.8, 4) is 0 Å². The van der Waals surface area contributed by atoms with Gasteiger partial charge >= 0.3 is 0 Å². The van der Waals surface area contributed by atoms with Crippen LogP contribution in [0.3, 0.4) is 0 Å². The van der Waals surface area contributed by atoms with Crippen LogP contribution in [0.5, 0.6) is 0 Å². The van der Waals surface area contributed by atoms with Crippen LogP contribution in [0.25, 0.3) is 17.1 Å². The van der Waals surface area contributed by atoms with Crippen molar-refractivity contribution in [3.05, 3.63) is 51.1 Å². The topological polar surface area (TPSA) is 57.8 Å². The van der Waals surface area contributed by atoms with E-state index in [1.807, 2.05) is 36.4 Å². The number of halogens is 1. The maximum atomic E-state index is 11.8. The Kier molecular flexibility index (Phi) is 3.66. The molecule has 2 N–H and O–H groups in total. The molecule has 0 aliphatic carbocycles. The number of carbonyl (C=O) groups excluding carboxylic acids is 1. The number of hydrogen-bond acceptors (Lipinski definition) is 3. The largest absolute Gasteiger partial charge is 0.324 e. The number of hydrogen-bond donors (Lipinski definition) is 2. The van der Waals surface area contributed by atoms with E-state index in [9.17, 15) is 4.79 Å². The van der Waals surface area contributed by atoms with Crippen LogP contribution in [-0.2, 0) is 4.79 Å². The molecule has 0 atom stereocenters. The molecule has 0 aliphatic rings. The predicted octanol–water partition coefficient (Wildman–Crippen LogP) is 4.04. The van der Waals surface area contributed by atoms with Crippen molar-refractivity contribution in [2.75, 3.05) is 5.32 Å². The van der Waals surface area contributed by atoms with Gasteiger partial charge in [-0.1, -0.05) is 12.1 Å². The van der Waals surface area contributed by atoms with Crippen molar-refractivity contribution in [2.45, 2.75) is 0 Å². The predicted molar refractivity (Wildman–Crippen MR) is 85.8 cm³/mol. The summed E-state index contributed by atoms with van der Waals surface area (Å²) in [5.74, 6) is 0.238. The lowest BCUT2D eigenvalue weighted by Gasteiger charge is -1.95. The molecular formula is C14H10BrN3OS. The summed E-state index contributed by atoms with van der Waals surface area (Å²) in [5, 5.41) is 2.71. The van der Waals surface area contributed by atoms with Crippen LogP contribution in [0.2, 0.25) is 0 Å². The summed E-state index contributed by atoms with van der Waals surface area (Å²) in [7, 11) is 0. The van der Waals surface area contributed by atoms with E-state index in [0.717, 1.165) is 19.7 Å². The Labute approximate surface area is 127 Å². The van der Waals surface area contributed by atoms with Crippen molar-refractivity contribution in [1.29, 1.82) is 0 Å². The second kappa shape index (κ2) is 5.60. The minimum absolute atomic E-state index is 0.214. The van der Waals surface area contributed by atoms with Gasteiger partial charge in [0.2, 0.25) is 5.95 Å². The molecule has 0 bridgehead atoms. The molecule has 3 aromatic rings. The minimum Gasteiger partial charge on any atom is -0.324 e. The molecule has 2 aromatic heterocycles. The lowest BCUT2D eigenvalue weighted by Crippen LogP contribution is -2.08. The number of aromatic nitrogens is 2. The van der Waals surface area contributed by atoms with Gasteiger partial charge in [-0.05, 0) is 46.3 Å². The number of fused-ring (bicyclic) bond motifs is 1. The number of imidazole rings is 1. The zero-order valence-corrected chi connectivity index (χ0v) is 12.7. The fourth-order valence-corrected chi connectivity index (χ4v) is 3.07. The molecule has 100 valence electrons. The Morgan fingerprint density at radius 2 is 2.15 bits per heavy atom. The van der Waals surface area contributed by atoms with Gasteiger partial charge in [-0.2, -0.15) is 0 Å². The van der Waals surface area contributed by atoms with Gasteiger partial charge in [-0.3, -0.25) is 10.1 Å². The van der Waals surface area contributed by atoms with Crippen LogP contribution in [0, 0.1) is 0 Å². The maximum Gasteiger partial charge on any atom is 0.250 e. The van der Waals surface area contributed by atoms with Crippen LogP contribution >= 0.6 is 27.3 Å². The minimum atomic E-state index is -0.214. The highest BCUT2D eigenvalue weighted by Crippen LogP contribution is 2.23. The number of rotatable bonds is 3. The van der Waals surface area contributed by atoms with Gasteiger partial charge in [0.15, 0.2) is 0 Å². The summed E-state index contributed by atoms with van der Waals surface area (Å²) in [6, 6.07) is 11.5. The van der Waals surface area contributed by atoms with Gasteiger partial charge in [-0.25, -0.2) is 4.98 Å². The summed E-state index contributed by atoms with van der Waals surface area (Å²) < 4.78 is 1.04. The fraction of sp³-hybridized carbons (Fsp3) is 0. The zero-order valence-electron chi connectivity index (χ0n) is 10.3. The van der Waals surface area contributed by atoms with Crippen LogP contribution in [0.4, 0.5) is 5.95 Å². The van der Waals surface area contributed by atoms with Crippen molar-refractivity contribution in [3.63, 3.8) is 0 Å². The van der Waals surface area contributed by atoms with Crippen molar-refractivity contribution in [1.82, 2.24) is 9.97 Å². The Balaban J connectivity index is 1.70. The summed E-state index contributed by atoms with van der Waals surface area (Å²) in [4.78, 5) is 20.1. The highest BCUT2D eigenvalue weighted by molar-refractivity contribution is 9.11. The van der Waals surface area contributed by atoms with Gasteiger partial charge in [0.1, 0.15) is 0 Å². The number of nitrogens with zero attached hydrogens (tertiary/aromatic N) is 1. The fourth-order valence-electron chi connectivity index (χ4n) is 1.75. The summed E-state index contributed by atoms with van der Waals surface area (Å²) in [6.07, 6.45) is 3.26. The van der Waals surface area contributed by atoms with Crippen molar-refractivity contribution >= 4 is 56.2 Å². The van der Waals surface area contributed by atoms with E-state index in [1.165, 1.54) is 6.08 Å². The third-order valence-corrected chi connectivity index (χ3v) is 4.21. The SMILES string of the molecule is O=C(C=Cc1ccc(Br)s1)Nc1nc2ccccc2[nH]1. The number of benzene rings is 1. The van der Waals surface area contributed by atoms with Gasteiger partial charge in [0.25, 0.3) is 5.91 Å². The van der Waals surface area contributed by atoms with Gasteiger partial charge in [0, 0.05) is 11.0 Å². The van der Waals surface area contributed by atoms with Crippen molar-refractivity contribution in [2.24, 2.45) is 0 Å². The molecular weight excluding hydrogens is 338 g/mol. The van der Waals surface area contributed by atoms with Gasteiger partial charge in [-0.15, -0.1) is 11.3 Å². The quantitative estimate of drug-likeness (QED) is 0.702. The molecule has 2 heterocycles. The Hall–Kier alpha value is -1.92. The lowest BCUT2D eigenvalue weighted by molar-refractivity contribution is -0.111. The second-order valence-electron chi connectivity index (χ2n) is 4.07. The standard InChI is InChI=1S/C14H10BrN3OS/c15-12-7-5-9(20-12)6-8-13(19)18-14-16-10-3-1-2-4-11(10)17-14/h1-8H,(H2,16,17,18,19). The highest BCUT2D eigenvalue weighted by Gasteiger charge is 2.04. The number of anilines is 1. The molecule has 4 nitrogen and oxygen atoms in total. The van der Waals surface area contributed by atoms with E-state index in [4.69, 9.17) is 0 Å². The first kappa shape index (κ1) is 13.1.